The molecule has 0 amide bonds. The van der Waals surface area contributed by atoms with Crippen LogP contribution in [0.25, 0.3) is 11.1 Å². The molecule has 0 unspecified atom stereocenters. The highest BCUT2D eigenvalue weighted by atomic mass is 32.2. The number of halogens is 1. The maximum Gasteiger partial charge on any atom is 0.305 e. The lowest BCUT2D eigenvalue weighted by molar-refractivity contribution is -0.387. The van der Waals surface area contributed by atoms with Gasteiger partial charge in [-0.25, -0.2) is 13.6 Å². The molecule has 7 nitrogen and oxygen atoms in total. The van der Waals surface area contributed by atoms with Gasteiger partial charge in [-0.1, -0.05) is 6.07 Å². The Kier molecular flexibility index (Phi) is 3.62. The number of nitrogens with zero attached hydrogens (tertiary/aromatic N) is 1. The van der Waals surface area contributed by atoms with Crippen LogP contribution in [0.3, 0.4) is 0 Å². The summed E-state index contributed by atoms with van der Waals surface area (Å²) >= 11 is 0. The molecule has 0 saturated heterocycles. The molecule has 21 heavy (non-hydrogen) atoms. The highest BCUT2D eigenvalue weighted by Crippen LogP contribution is 2.32. The third kappa shape index (κ3) is 2.98. The molecule has 0 radical (unpaired) electrons. The summed E-state index contributed by atoms with van der Waals surface area (Å²) in [7, 11) is -4.06. The smallest absolute Gasteiger partial charge is 0.305 e. The second kappa shape index (κ2) is 5.11. The highest BCUT2D eigenvalue weighted by molar-refractivity contribution is 7.89. The average molecular weight is 311 g/mol. The summed E-state index contributed by atoms with van der Waals surface area (Å²) < 4.78 is 36.4. The van der Waals surface area contributed by atoms with Crippen LogP contribution in [-0.4, -0.2) is 13.3 Å². The molecule has 0 bridgehead atoms. The van der Waals surface area contributed by atoms with Crippen LogP contribution in [-0.2, 0) is 10.0 Å². The van der Waals surface area contributed by atoms with Gasteiger partial charge in [-0.05, 0) is 29.8 Å². The minimum Gasteiger partial charge on any atom is -0.399 e. The Morgan fingerprint density at radius 3 is 2.38 bits per heavy atom. The van der Waals surface area contributed by atoms with E-state index in [9.17, 15) is 22.9 Å². The van der Waals surface area contributed by atoms with E-state index in [0.717, 1.165) is 12.1 Å². The molecule has 0 aromatic heterocycles. The van der Waals surface area contributed by atoms with E-state index in [2.05, 4.69) is 0 Å². The maximum atomic E-state index is 13.3. The van der Waals surface area contributed by atoms with Crippen LogP contribution in [0.15, 0.2) is 41.3 Å². The monoisotopic (exact) mass is 311 g/mol. The van der Waals surface area contributed by atoms with E-state index in [0.29, 0.717) is 0 Å². The molecule has 0 aliphatic heterocycles. The van der Waals surface area contributed by atoms with Crippen molar-refractivity contribution in [2.45, 2.75) is 4.90 Å². The number of nitrogens with two attached hydrogens (primary N) is 2. The van der Waals surface area contributed by atoms with Crippen molar-refractivity contribution in [3.05, 3.63) is 52.3 Å². The molecule has 2 aromatic rings. The number of benzene rings is 2. The molecule has 0 aliphatic rings. The normalized spacial score (nSPS) is 11.3. The van der Waals surface area contributed by atoms with Crippen molar-refractivity contribution in [3.63, 3.8) is 0 Å². The zero-order valence-electron chi connectivity index (χ0n) is 10.5. The molecule has 0 atom stereocenters. The predicted octanol–water partition coefficient (Wildman–Crippen LogP) is 1.63. The number of nitro benzene ring substituents is 1. The van der Waals surface area contributed by atoms with E-state index in [4.69, 9.17) is 10.9 Å². The molecular formula is C12H10FN3O4S. The number of anilines is 1. The van der Waals surface area contributed by atoms with Crippen LogP contribution in [0.4, 0.5) is 15.8 Å². The number of nitro groups is 1. The average Bonchev–Trinajstić information content (AvgIpc) is 2.37. The Bertz CT molecular complexity index is 836. The van der Waals surface area contributed by atoms with Crippen LogP contribution in [0.1, 0.15) is 0 Å². The van der Waals surface area contributed by atoms with E-state index in [1.54, 1.807) is 0 Å². The zero-order chi connectivity index (χ0) is 15.8. The third-order valence-electron chi connectivity index (χ3n) is 2.76. The predicted molar refractivity (Wildman–Crippen MR) is 74.3 cm³/mol. The molecule has 0 spiro atoms. The van der Waals surface area contributed by atoms with Gasteiger partial charge in [0.15, 0.2) is 0 Å². The molecule has 4 N–H and O–H groups in total. The first-order valence-electron chi connectivity index (χ1n) is 5.57. The molecule has 2 rings (SSSR count). The van der Waals surface area contributed by atoms with Crippen molar-refractivity contribution in [2.75, 3.05) is 5.73 Å². The Hall–Kier alpha value is -2.52. The minimum atomic E-state index is -4.06. The van der Waals surface area contributed by atoms with E-state index < -0.39 is 26.5 Å². The zero-order valence-corrected chi connectivity index (χ0v) is 11.3. The standard InChI is InChI=1S/C12H10FN3O4S/c13-10-3-1-7(5-11(10)16(17)18)9-6-8(14)2-4-12(9)21(15,19)20/h1-6H,14H2,(H2,15,19,20). The lowest BCUT2D eigenvalue weighted by Crippen LogP contribution is -2.13. The first kappa shape index (κ1) is 14.9. The molecule has 0 aliphatic carbocycles. The van der Waals surface area contributed by atoms with E-state index in [1.165, 1.54) is 24.3 Å². The molecule has 2 aromatic carbocycles. The fourth-order valence-corrected chi connectivity index (χ4v) is 2.58. The summed E-state index contributed by atoms with van der Waals surface area (Å²) in [4.78, 5) is 9.60. The fourth-order valence-electron chi connectivity index (χ4n) is 1.84. The summed E-state index contributed by atoms with van der Waals surface area (Å²) in [5, 5.41) is 15.8. The topological polar surface area (TPSA) is 129 Å². The van der Waals surface area contributed by atoms with Crippen molar-refractivity contribution >= 4 is 21.4 Å². The summed E-state index contributed by atoms with van der Waals surface area (Å²) in [6.07, 6.45) is 0. The van der Waals surface area contributed by atoms with Crippen LogP contribution in [0, 0.1) is 15.9 Å². The van der Waals surface area contributed by atoms with E-state index in [-0.39, 0.29) is 21.7 Å². The van der Waals surface area contributed by atoms with Gasteiger partial charge in [-0.2, -0.15) is 4.39 Å². The van der Waals surface area contributed by atoms with E-state index in [1.807, 2.05) is 0 Å². The van der Waals surface area contributed by atoms with Crippen molar-refractivity contribution in [3.8, 4) is 11.1 Å². The second-order valence-corrected chi connectivity index (χ2v) is 5.75. The summed E-state index contributed by atoms with van der Waals surface area (Å²) in [6, 6.07) is 6.85. The highest BCUT2D eigenvalue weighted by Gasteiger charge is 2.20. The number of nitrogen functional groups attached to an aromatic ring is 1. The van der Waals surface area contributed by atoms with Crippen LogP contribution < -0.4 is 10.9 Å². The van der Waals surface area contributed by atoms with Crippen molar-refractivity contribution < 1.29 is 17.7 Å². The Labute approximate surface area is 119 Å². The van der Waals surface area contributed by atoms with Crippen LogP contribution in [0.2, 0.25) is 0 Å². The summed E-state index contributed by atoms with van der Waals surface area (Å²) in [5.41, 5.74) is 5.26. The van der Waals surface area contributed by atoms with Gasteiger partial charge in [0.05, 0.1) is 9.82 Å². The Morgan fingerprint density at radius 2 is 1.81 bits per heavy atom. The third-order valence-corrected chi connectivity index (χ3v) is 3.73. The van der Waals surface area contributed by atoms with Gasteiger partial charge in [-0.3, -0.25) is 10.1 Å². The molecule has 0 heterocycles. The Balaban J connectivity index is 2.75. The molecular weight excluding hydrogens is 301 g/mol. The summed E-state index contributed by atoms with van der Waals surface area (Å²) in [5.74, 6) is -1.02. The van der Waals surface area contributed by atoms with E-state index >= 15 is 0 Å². The van der Waals surface area contributed by atoms with Crippen molar-refractivity contribution in [1.82, 2.24) is 0 Å². The van der Waals surface area contributed by atoms with Gasteiger partial charge >= 0.3 is 5.69 Å². The minimum absolute atomic E-state index is 0.0700. The Morgan fingerprint density at radius 1 is 1.14 bits per heavy atom. The number of sulfonamides is 1. The van der Waals surface area contributed by atoms with Crippen molar-refractivity contribution in [1.29, 1.82) is 0 Å². The molecule has 9 heteroatoms. The lowest BCUT2D eigenvalue weighted by atomic mass is 10.0. The number of rotatable bonds is 3. The molecule has 0 saturated carbocycles. The molecule has 110 valence electrons. The first-order chi connectivity index (χ1) is 9.70. The van der Waals surface area contributed by atoms with Crippen molar-refractivity contribution in [2.24, 2.45) is 5.14 Å². The maximum absolute atomic E-state index is 13.3. The quantitative estimate of drug-likeness (QED) is 0.505. The van der Waals surface area contributed by atoms with Crippen LogP contribution >= 0.6 is 0 Å². The number of primary sulfonamides is 1. The van der Waals surface area contributed by atoms with Gasteiger partial charge < -0.3 is 5.73 Å². The van der Waals surface area contributed by atoms with Gasteiger partial charge in [0.25, 0.3) is 0 Å². The molecule has 0 fully saturated rings. The number of hydrogen-bond acceptors (Lipinski definition) is 5. The van der Waals surface area contributed by atoms with Gasteiger partial charge in [0.1, 0.15) is 0 Å². The largest absolute Gasteiger partial charge is 0.399 e. The van der Waals surface area contributed by atoms with Gasteiger partial charge in [-0.15, -0.1) is 0 Å². The fraction of sp³-hybridized carbons (Fsp3) is 0. The SMILES string of the molecule is Nc1ccc(S(N)(=O)=O)c(-c2ccc(F)c([N+](=O)[O-])c2)c1. The number of hydrogen-bond donors (Lipinski definition) is 2. The van der Waals surface area contributed by atoms with Gasteiger partial charge in [0.2, 0.25) is 15.8 Å². The summed E-state index contributed by atoms with van der Waals surface area (Å²) in [6.45, 7) is 0. The first-order valence-corrected chi connectivity index (χ1v) is 7.11. The van der Waals surface area contributed by atoms with Crippen LogP contribution in [0.5, 0.6) is 0 Å². The van der Waals surface area contributed by atoms with Gasteiger partial charge in [0, 0.05) is 17.3 Å². The lowest BCUT2D eigenvalue weighted by Gasteiger charge is -2.09. The second-order valence-electron chi connectivity index (χ2n) is 4.22.